The summed E-state index contributed by atoms with van der Waals surface area (Å²) in [5.74, 6) is 1.73. The van der Waals surface area contributed by atoms with Gasteiger partial charge in [0.15, 0.2) is 0 Å². The van der Waals surface area contributed by atoms with Gasteiger partial charge in [-0.3, -0.25) is 0 Å². The third kappa shape index (κ3) is 2.29. The van der Waals surface area contributed by atoms with E-state index in [4.69, 9.17) is 9.47 Å². The minimum Gasteiger partial charge on any atom is -0.497 e. The predicted molar refractivity (Wildman–Crippen MR) is 72.7 cm³/mol. The van der Waals surface area contributed by atoms with E-state index in [9.17, 15) is 5.11 Å². The minimum absolute atomic E-state index is 0.614. The van der Waals surface area contributed by atoms with Gasteiger partial charge in [0.05, 0.1) is 13.7 Å². The number of rotatable bonds is 3. The van der Waals surface area contributed by atoms with Gasteiger partial charge in [-0.1, -0.05) is 18.2 Å². The molecule has 98 valence electrons. The topological polar surface area (TPSA) is 38.7 Å². The Hall–Kier alpha value is -2.00. The van der Waals surface area contributed by atoms with Crippen molar-refractivity contribution in [3.05, 3.63) is 59.2 Å². The monoisotopic (exact) mass is 256 g/mol. The summed E-state index contributed by atoms with van der Waals surface area (Å²) in [6.45, 7) is 0.734. The van der Waals surface area contributed by atoms with Crippen molar-refractivity contribution in [1.82, 2.24) is 0 Å². The van der Waals surface area contributed by atoms with Gasteiger partial charge in [-0.05, 0) is 41.0 Å². The molecule has 1 heterocycles. The quantitative estimate of drug-likeness (QED) is 0.917. The molecule has 19 heavy (non-hydrogen) atoms. The van der Waals surface area contributed by atoms with Gasteiger partial charge in [0.2, 0.25) is 0 Å². The maximum atomic E-state index is 10.4. The number of fused-ring (bicyclic) bond motifs is 1. The van der Waals surface area contributed by atoms with Gasteiger partial charge < -0.3 is 14.6 Å². The standard InChI is InChI=1S/C16H16O3/c1-18-14-5-2-11(3-6-14)16(17)13-4-7-15-12(10-13)8-9-19-15/h2-7,10,16-17H,8-9H2,1H3. The average molecular weight is 256 g/mol. The van der Waals surface area contributed by atoms with Crippen LogP contribution in [0.3, 0.4) is 0 Å². The normalized spacial score (nSPS) is 14.6. The van der Waals surface area contributed by atoms with Crippen molar-refractivity contribution in [3.8, 4) is 11.5 Å². The van der Waals surface area contributed by atoms with Crippen molar-refractivity contribution in [1.29, 1.82) is 0 Å². The smallest absolute Gasteiger partial charge is 0.122 e. The van der Waals surface area contributed by atoms with Crippen LogP contribution in [0.25, 0.3) is 0 Å². The van der Waals surface area contributed by atoms with Crippen LogP contribution in [-0.4, -0.2) is 18.8 Å². The number of hydrogen-bond donors (Lipinski definition) is 1. The summed E-state index contributed by atoms with van der Waals surface area (Å²) >= 11 is 0. The molecule has 0 saturated heterocycles. The zero-order valence-corrected chi connectivity index (χ0v) is 10.8. The second-order valence-corrected chi connectivity index (χ2v) is 4.64. The number of benzene rings is 2. The Morgan fingerprint density at radius 1 is 1.11 bits per heavy atom. The molecule has 1 aliphatic heterocycles. The maximum Gasteiger partial charge on any atom is 0.122 e. The average Bonchev–Trinajstić information content (AvgIpc) is 2.94. The number of aliphatic hydroxyl groups excluding tert-OH is 1. The lowest BCUT2D eigenvalue weighted by Crippen LogP contribution is -2.00. The van der Waals surface area contributed by atoms with E-state index in [2.05, 4.69) is 0 Å². The first-order chi connectivity index (χ1) is 9.28. The van der Waals surface area contributed by atoms with Crippen molar-refractivity contribution >= 4 is 0 Å². The van der Waals surface area contributed by atoms with Crippen LogP contribution < -0.4 is 9.47 Å². The van der Waals surface area contributed by atoms with Crippen LogP contribution in [0.4, 0.5) is 0 Å². The van der Waals surface area contributed by atoms with Crippen LogP contribution in [0, 0.1) is 0 Å². The van der Waals surface area contributed by atoms with Crippen molar-refractivity contribution in [2.75, 3.05) is 13.7 Å². The molecule has 3 rings (SSSR count). The molecule has 0 fully saturated rings. The molecule has 0 aromatic heterocycles. The molecule has 0 spiro atoms. The van der Waals surface area contributed by atoms with Crippen LogP contribution in [0.15, 0.2) is 42.5 Å². The molecule has 0 radical (unpaired) electrons. The van der Waals surface area contributed by atoms with E-state index in [1.54, 1.807) is 7.11 Å². The molecule has 2 aromatic rings. The number of ether oxygens (including phenoxy) is 2. The first-order valence-corrected chi connectivity index (χ1v) is 6.35. The fourth-order valence-corrected chi connectivity index (χ4v) is 2.36. The molecule has 0 bridgehead atoms. The largest absolute Gasteiger partial charge is 0.497 e. The van der Waals surface area contributed by atoms with Gasteiger partial charge in [0.25, 0.3) is 0 Å². The second kappa shape index (κ2) is 4.94. The molecule has 1 N–H and O–H groups in total. The Balaban J connectivity index is 1.88. The van der Waals surface area contributed by atoms with Gasteiger partial charge >= 0.3 is 0 Å². The van der Waals surface area contributed by atoms with Crippen LogP contribution >= 0.6 is 0 Å². The Labute approximate surface area is 112 Å². The lowest BCUT2D eigenvalue weighted by atomic mass is 9.99. The highest BCUT2D eigenvalue weighted by Gasteiger charge is 2.16. The molecular formula is C16H16O3. The Bertz CT molecular complexity index is 575. The molecule has 2 aromatic carbocycles. The summed E-state index contributed by atoms with van der Waals surface area (Å²) in [5, 5.41) is 10.4. The van der Waals surface area contributed by atoms with E-state index in [-0.39, 0.29) is 0 Å². The predicted octanol–water partition coefficient (Wildman–Crippen LogP) is 2.71. The first-order valence-electron chi connectivity index (χ1n) is 6.35. The third-order valence-corrected chi connectivity index (χ3v) is 3.46. The van der Waals surface area contributed by atoms with E-state index in [1.807, 2.05) is 42.5 Å². The van der Waals surface area contributed by atoms with Crippen LogP contribution in [0.2, 0.25) is 0 Å². The van der Waals surface area contributed by atoms with Gasteiger partial charge in [-0.25, -0.2) is 0 Å². The third-order valence-electron chi connectivity index (χ3n) is 3.46. The highest BCUT2D eigenvalue weighted by molar-refractivity contribution is 5.43. The summed E-state index contributed by atoms with van der Waals surface area (Å²) < 4.78 is 10.6. The second-order valence-electron chi connectivity index (χ2n) is 4.64. The van der Waals surface area contributed by atoms with Crippen molar-refractivity contribution < 1.29 is 14.6 Å². The van der Waals surface area contributed by atoms with Crippen molar-refractivity contribution in [2.45, 2.75) is 12.5 Å². The summed E-state index contributed by atoms with van der Waals surface area (Å²) in [6, 6.07) is 13.4. The fourth-order valence-electron chi connectivity index (χ4n) is 2.36. The maximum absolute atomic E-state index is 10.4. The molecule has 1 aliphatic rings. The van der Waals surface area contributed by atoms with E-state index in [0.29, 0.717) is 0 Å². The fraction of sp³-hybridized carbons (Fsp3) is 0.250. The van der Waals surface area contributed by atoms with Crippen LogP contribution in [0.5, 0.6) is 11.5 Å². The highest BCUT2D eigenvalue weighted by Crippen LogP contribution is 2.30. The molecule has 0 amide bonds. The van der Waals surface area contributed by atoms with Crippen LogP contribution in [-0.2, 0) is 6.42 Å². The summed E-state index contributed by atoms with van der Waals surface area (Å²) in [4.78, 5) is 0. The Kier molecular flexibility index (Phi) is 3.13. The highest BCUT2D eigenvalue weighted by atomic mass is 16.5. The van der Waals surface area contributed by atoms with Gasteiger partial charge in [0.1, 0.15) is 17.6 Å². The molecule has 0 saturated carbocycles. The van der Waals surface area contributed by atoms with Gasteiger partial charge in [-0.2, -0.15) is 0 Å². The van der Waals surface area contributed by atoms with Crippen molar-refractivity contribution in [3.63, 3.8) is 0 Å². The summed E-state index contributed by atoms with van der Waals surface area (Å²) in [6.07, 6.45) is 0.301. The van der Waals surface area contributed by atoms with Gasteiger partial charge in [0, 0.05) is 6.42 Å². The van der Waals surface area contributed by atoms with Crippen LogP contribution in [0.1, 0.15) is 22.8 Å². The zero-order chi connectivity index (χ0) is 13.2. The van der Waals surface area contributed by atoms with E-state index >= 15 is 0 Å². The number of hydrogen-bond acceptors (Lipinski definition) is 3. The van der Waals surface area contributed by atoms with Crippen molar-refractivity contribution in [2.24, 2.45) is 0 Å². The lowest BCUT2D eigenvalue weighted by molar-refractivity contribution is 0.220. The molecule has 1 unspecified atom stereocenters. The summed E-state index contributed by atoms with van der Waals surface area (Å²) in [7, 11) is 1.63. The van der Waals surface area contributed by atoms with E-state index in [0.717, 1.165) is 35.7 Å². The SMILES string of the molecule is COc1ccc(C(O)c2ccc3c(c2)CCO3)cc1. The molecular weight excluding hydrogens is 240 g/mol. The molecule has 3 heteroatoms. The summed E-state index contributed by atoms with van der Waals surface area (Å²) in [5.41, 5.74) is 2.93. The lowest BCUT2D eigenvalue weighted by Gasteiger charge is -2.13. The van der Waals surface area contributed by atoms with Gasteiger partial charge in [-0.15, -0.1) is 0 Å². The first kappa shape index (κ1) is 12.1. The minimum atomic E-state index is -0.614. The Morgan fingerprint density at radius 3 is 2.58 bits per heavy atom. The number of methoxy groups -OCH3 is 1. The molecule has 1 atom stereocenters. The molecule has 3 nitrogen and oxygen atoms in total. The Morgan fingerprint density at radius 2 is 1.84 bits per heavy atom. The van der Waals surface area contributed by atoms with E-state index < -0.39 is 6.10 Å². The van der Waals surface area contributed by atoms with E-state index in [1.165, 1.54) is 5.56 Å². The number of aliphatic hydroxyl groups is 1. The molecule has 0 aliphatic carbocycles. The zero-order valence-electron chi connectivity index (χ0n) is 10.8.